The van der Waals surface area contributed by atoms with Crippen LogP contribution < -0.4 is 0 Å². The standard InChI is InChI=1S/C12H17O5/c1-3-15-10-6-8-5-9(13)7-12(8,17-10)11(14)16-4-2/h5,8,10H,3-4,6-7H2,1-2H3/t8-,10?,12-/m0/s1. The fourth-order valence-corrected chi connectivity index (χ4v) is 2.50. The Morgan fingerprint density at radius 2 is 2.29 bits per heavy atom. The highest BCUT2D eigenvalue weighted by molar-refractivity contribution is 5.82. The molecule has 5 heteroatoms. The highest BCUT2D eigenvalue weighted by atomic mass is 16.7. The molecule has 2 aliphatic rings. The molecule has 0 saturated carbocycles. The fourth-order valence-electron chi connectivity index (χ4n) is 2.50. The molecular weight excluding hydrogens is 224 g/mol. The molecule has 1 radical (unpaired) electrons. The van der Waals surface area contributed by atoms with E-state index in [0.717, 1.165) is 0 Å². The molecule has 1 saturated heterocycles. The molecule has 3 atom stereocenters. The first kappa shape index (κ1) is 12.4. The zero-order valence-corrected chi connectivity index (χ0v) is 10.1. The Hall–Kier alpha value is -1.07. The van der Waals surface area contributed by atoms with Gasteiger partial charge >= 0.3 is 5.97 Å². The van der Waals surface area contributed by atoms with E-state index in [1.54, 1.807) is 13.0 Å². The average molecular weight is 241 g/mol. The largest absolute Gasteiger partial charge is 0.464 e. The van der Waals surface area contributed by atoms with Crippen molar-refractivity contribution in [2.45, 2.75) is 38.6 Å². The maximum Gasteiger partial charge on any atom is 0.339 e. The van der Waals surface area contributed by atoms with Gasteiger partial charge in [0.25, 0.3) is 0 Å². The Balaban J connectivity index is 2.15. The van der Waals surface area contributed by atoms with Crippen molar-refractivity contribution < 1.29 is 24.1 Å². The summed E-state index contributed by atoms with van der Waals surface area (Å²) in [6.07, 6.45) is 1.76. The zero-order valence-electron chi connectivity index (χ0n) is 10.1. The van der Waals surface area contributed by atoms with Gasteiger partial charge in [-0.25, -0.2) is 4.79 Å². The molecular formula is C12H17O5. The molecule has 0 aromatic carbocycles. The van der Waals surface area contributed by atoms with Gasteiger partial charge in [-0.2, -0.15) is 0 Å². The summed E-state index contributed by atoms with van der Waals surface area (Å²) < 4.78 is 16.0. The number of hydrogen-bond donors (Lipinski definition) is 0. The molecule has 1 aliphatic carbocycles. The van der Waals surface area contributed by atoms with Gasteiger partial charge in [0.15, 0.2) is 17.7 Å². The lowest BCUT2D eigenvalue weighted by atomic mass is 9.90. The zero-order chi connectivity index (χ0) is 12.5. The Labute approximate surface area is 100 Å². The van der Waals surface area contributed by atoms with Gasteiger partial charge in [-0.1, -0.05) is 0 Å². The highest BCUT2D eigenvalue weighted by Crippen LogP contribution is 2.47. The second-order valence-electron chi connectivity index (χ2n) is 4.26. The molecule has 1 fully saturated rings. The second-order valence-corrected chi connectivity index (χ2v) is 4.26. The summed E-state index contributed by atoms with van der Waals surface area (Å²) in [5.41, 5.74) is -1.13. The van der Waals surface area contributed by atoms with Crippen molar-refractivity contribution in [1.82, 2.24) is 0 Å². The quantitative estimate of drug-likeness (QED) is 0.698. The molecule has 1 heterocycles. The van der Waals surface area contributed by atoms with E-state index in [1.165, 1.54) is 0 Å². The Morgan fingerprint density at radius 1 is 1.53 bits per heavy atom. The normalized spacial score (nSPS) is 35.5. The molecule has 2 rings (SSSR count). The minimum Gasteiger partial charge on any atom is -0.464 e. The van der Waals surface area contributed by atoms with Crippen LogP contribution in [-0.4, -0.2) is 31.1 Å². The molecule has 1 aliphatic heterocycles. The molecule has 0 bridgehead atoms. The molecule has 1 unspecified atom stereocenters. The van der Waals surface area contributed by atoms with Crippen LogP contribution in [0.25, 0.3) is 0 Å². The maximum absolute atomic E-state index is 12.0. The van der Waals surface area contributed by atoms with Crippen LogP contribution in [0.4, 0.5) is 0 Å². The van der Waals surface area contributed by atoms with Crippen LogP contribution in [0.2, 0.25) is 0 Å². The van der Waals surface area contributed by atoms with Gasteiger partial charge in [0.2, 0.25) is 0 Å². The van der Waals surface area contributed by atoms with Crippen LogP contribution in [0, 0.1) is 5.92 Å². The van der Waals surface area contributed by atoms with E-state index in [0.29, 0.717) is 13.0 Å². The molecule has 0 spiro atoms. The lowest BCUT2D eigenvalue weighted by Gasteiger charge is -2.25. The van der Waals surface area contributed by atoms with Gasteiger partial charge in [0.05, 0.1) is 13.0 Å². The van der Waals surface area contributed by atoms with Crippen LogP contribution in [0.3, 0.4) is 0 Å². The lowest BCUT2D eigenvalue weighted by Crippen LogP contribution is -2.43. The molecule has 95 valence electrons. The van der Waals surface area contributed by atoms with Crippen molar-refractivity contribution in [1.29, 1.82) is 0 Å². The summed E-state index contributed by atoms with van der Waals surface area (Å²) >= 11 is 0. The monoisotopic (exact) mass is 241 g/mol. The Morgan fingerprint density at radius 3 is 2.94 bits per heavy atom. The number of carbonyl (C=O) groups excluding carboxylic acids is 1. The SMILES string of the molecule is CCOC(=O)[C@]12CC([O])=C[C@H]1CC(OCC)O2. The number of ether oxygens (including phenoxy) is 3. The van der Waals surface area contributed by atoms with Crippen LogP contribution in [0.5, 0.6) is 0 Å². The first-order valence-corrected chi connectivity index (χ1v) is 5.96. The summed E-state index contributed by atoms with van der Waals surface area (Å²) in [6, 6.07) is 0. The average Bonchev–Trinajstić information content (AvgIpc) is 2.72. The summed E-state index contributed by atoms with van der Waals surface area (Å²) in [4.78, 5) is 12.0. The third-order valence-corrected chi connectivity index (χ3v) is 3.18. The summed E-state index contributed by atoms with van der Waals surface area (Å²) in [6.45, 7) is 4.40. The van der Waals surface area contributed by atoms with E-state index >= 15 is 0 Å². The van der Waals surface area contributed by atoms with Gasteiger partial charge in [-0.05, 0) is 19.9 Å². The van der Waals surface area contributed by atoms with Crippen molar-refractivity contribution in [3.8, 4) is 0 Å². The first-order valence-electron chi connectivity index (χ1n) is 5.96. The van der Waals surface area contributed by atoms with E-state index in [-0.39, 0.29) is 24.7 Å². The van der Waals surface area contributed by atoms with Gasteiger partial charge in [0, 0.05) is 18.9 Å². The van der Waals surface area contributed by atoms with Crippen molar-refractivity contribution in [3.63, 3.8) is 0 Å². The van der Waals surface area contributed by atoms with Crippen molar-refractivity contribution in [2.24, 2.45) is 5.92 Å². The Bertz CT molecular complexity index is 338. The smallest absolute Gasteiger partial charge is 0.339 e. The lowest BCUT2D eigenvalue weighted by molar-refractivity contribution is -0.198. The van der Waals surface area contributed by atoms with Gasteiger partial charge in [-0.15, -0.1) is 0 Å². The number of rotatable bonds is 4. The number of esters is 1. The molecule has 0 N–H and O–H groups in total. The van der Waals surface area contributed by atoms with Crippen LogP contribution >= 0.6 is 0 Å². The van der Waals surface area contributed by atoms with E-state index in [1.807, 2.05) is 6.92 Å². The topological polar surface area (TPSA) is 64.7 Å². The predicted octanol–water partition coefficient (Wildman–Crippen LogP) is 1.41. The second kappa shape index (κ2) is 4.66. The van der Waals surface area contributed by atoms with Crippen LogP contribution in [0.1, 0.15) is 26.7 Å². The number of fused-ring (bicyclic) bond motifs is 1. The number of carbonyl (C=O) groups is 1. The minimum atomic E-state index is -1.13. The highest BCUT2D eigenvalue weighted by Gasteiger charge is 2.58. The Kier molecular flexibility index (Phi) is 3.40. The van der Waals surface area contributed by atoms with Crippen molar-refractivity contribution >= 4 is 5.97 Å². The maximum atomic E-state index is 12.0. The molecule has 0 aromatic rings. The molecule has 5 nitrogen and oxygen atoms in total. The van der Waals surface area contributed by atoms with Crippen LogP contribution in [0.15, 0.2) is 11.8 Å². The van der Waals surface area contributed by atoms with Gasteiger partial charge < -0.3 is 14.2 Å². The third kappa shape index (κ3) is 2.05. The van der Waals surface area contributed by atoms with Crippen molar-refractivity contribution in [3.05, 3.63) is 11.8 Å². The summed E-state index contributed by atoms with van der Waals surface area (Å²) in [5.74, 6) is -0.724. The molecule has 0 aromatic heterocycles. The van der Waals surface area contributed by atoms with Gasteiger partial charge in [0.1, 0.15) is 0 Å². The fraction of sp³-hybridized carbons (Fsp3) is 0.750. The van der Waals surface area contributed by atoms with E-state index in [4.69, 9.17) is 14.2 Å². The molecule has 17 heavy (non-hydrogen) atoms. The van der Waals surface area contributed by atoms with E-state index in [2.05, 4.69) is 0 Å². The van der Waals surface area contributed by atoms with Gasteiger partial charge in [-0.3, -0.25) is 5.11 Å². The molecule has 0 amide bonds. The van der Waals surface area contributed by atoms with Crippen molar-refractivity contribution in [2.75, 3.05) is 13.2 Å². The van der Waals surface area contributed by atoms with E-state index in [9.17, 15) is 9.90 Å². The van der Waals surface area contributed by atoms with Crippen LogP contribution in [-0.2, 0) is 24.1 Å². The minimum absolute atomic E-state index is 0.0574. The summed E-state index contributed by atoms with van der Waals surface area (Å²) in [7, 11) is 0. The third-order valence-electron chi connectivity index (χ3n) is 3.18. The number of hydrogen-bond acceptors (Lipinski definition) is 4. The summed E-state index contributed by atoms with van der Waals surface area (Å²) in [5, 5.41) is 11.5. The predicted molar refractivity (Wildman–Crippen MR) is 57.4 cm³/mol. The first-order chi connectivity index (χ1) is 8.12. The van der Waals surface area contributed by atoms with E-state index < -0.39 is 17.9 Å².